The standard InChI is InChI=1S/C33H40N8O10S/c1-5-48-30(42)19-37(20-31(43)49-6-2)17-24-11-13-39(35-24)27-15-23(26-9-10-29(52-26)41(46)47)16-28(34-27)40-14-12-25(36-40)18-38(21-32(44)50-7-3)22-33(45)51-8-4/h9-16H,5-8,17-22H2,1-4H3. The van der Waals surface area contributed by atoms with Crippen LogP contribution < -0.4 is 0 Å². The summed E-state index contributed by atoms with van der Waals surface area (Å²) >= 11 is 0.993. The average molecular weight is 741 g/mol. The maximum Gasteiger partial charge on any atom is 0.324 e. The molecule has 0 saturated carbocycles. The molecule has 4 heterocycles. The molecule has 0 aliphatic heterocycles. The Balaban J connectivity index is 1.66. The van der Waals surface area contributed by atoms with Gasteiger partial charge in [0.15, 0.2) is 11.6 Å². The van der Waals surface area contributed by atoms with E-state index in [1.807, 2.05) is 0 Å². The smallest absolute Gasteiger partial charge is 0.324 e. The summed E-state index contributed by atoms with van der Waals surface area (Å²) in [6.45, 7) is 7.12. The third-order valence-corrected chi connectivity index (χ3v) is 8.10. The second-order valence-electron chi connectivity index (χ2n) is 11.0. The van der Waals surface area contributed by atoms with Gasteiger partial charge in [-0.3, -0.25) is 39.1 Å². The lowest BCUT2D eigenvalue weighted by Crippen LogP contribution is -2.35. The highest BCUT2D eigenvalue weighted by Crippen LogP contribution is 2.34. The predicted octanol–water partition coefficient (Wildman–Crippen LogP) is 2.95. The lowest BCUT2D eigenvalue weighted by Gasteiger charge is -2.19. The van der Waals surface area contributed by atoms with Gasteiger partial charge in [-0.05, 0) is 63.6 Å². The van der Waals surface area contributed by atoms with Gasteiger partial charge >= 0.3 is 28.9 Å². The van der Waals surface area contributed by atoms with Gasteiger partial charge in [-0.25, -0.2) is 14.3 Å². The molecule has 0 fully saturated rings. The topological polar surface area (TPSA) is 203 Å². The summed E-state index contributed by atoms with van der Waals surface area (Å²) in [5.41, 5.74) is 1.63. The van der Waals surface area contributed by atoms with Gasteiger partial charge in [0.1, 0.15) is 0 Å². The van der Waals surface area contributed by atoms with Gasteiger partial charge in [-0.1, -0.05) is 11.3 Å². The molecule has 278 valence electrons. The van der Waals surface area contributed by atoms with E-state index in [1.54, 1.807) is 80.2 Å². The maximum absolute atomic E-state index is 12.3. The lowest BCUT2D eigenvalue weighted by atomic mass is 10.2. The van der Waals surface area contributed by atoms with Crippen LogP contribution in [0.25, 0.3) is 22.1 Å². The third-order valence-electron chi connectivity index (χ3n) is 7.02. The van der Waals surface area contributed by atoms with Crippen LogP contribution >= 0.6 is 11.3 Å². The largest absolute Gasteiger partial charge is 0.465 e. The molecule has 4 rings (SSSR count). The van der Waals surface area contributed by atoms with Crippen LogP contribution in [0.15, 0.2) is 48.8 Å². The molecule has 0 unspecified atom stereocenters. The second kappa shape index (κ2) is 19.2. The number of aromatic nitrogens is 5. The van der Waals surface area contributed by atoms with Crippen LogP contribution in [-0.2, 0) is 51.2 Å². The van der Waals surface area contributed by atoms with Crippen molar-refractivity contribution in [2.75, 3.05) is 52.6 Å². The van der Waals surface area contributed by atoms with Crippen LogP contribution in [0.3, 0.4) is 0 Å². The number of hydrogen-bond acceptors (Lipinski definition) is 16. The number of pyridine rings is 1. The minimum absolute atomic E-state index is 0.0377. The van der Waals surface area contributed by atoms with Crippen molar-refractivity contribution in [2.24, 2.45) is 0 Å². The van der Waals surface area contributed by atoms with E-state index in [0.717, 1.165) is 11.3 Å². The Morgan fingerprint density at radius 3 is 1.44 bits per heavy atom. The van der Waals surface area contributed by atoms with E-state index < -0.39 is 28.8 Å². The molecule has 0 radical (unpaired) electrons. The summed E-state index contributed by atoms with van der Waals surface area (Å²) in [4.78, 5) is 68.5. The molecule has 0 spiro atoms. The van der Waals surface area contributed by atoms with E-state index >= 15 is 0 Å². The fourth-order valence-electron chi connectivity index (χ4n) is 4.96. The number of nitro groups is 1. The second-order valence-corrected chi connectivity index (χ2v) is 12.0. The van der Waals surface area contributed by atoms with Gasteiger partial charge in [0.2, 0.25) is 0 Å². The van der Waals surface area contributed by atoms with Crippen LogP contribution in [0.2, 0.25) is 0 Å². The van der Waals surface area contributed by atoms with E-state index in [2.05, 4.69) is 10.2 Å². The number of nitrogens with zero attached hydrogens (tertiary/aromatic N) is 8. The molecule has 0 amide bonds. The molecule has 0 bridgehead atoms. The van der Waals surface area contributed by atoms with Crippen molar-refractivity contribution in [3.05, 3.63) is 70.3 Å². The normalized spacial score (nSPS) is 11.1. The minimum Gasteiger partial charge on any atom is -0.465 e. The molecular formula is C33H40N8O10S. The van der Waals surface area contributed by atoms with Crippen LogP contribution in [0.4, 0.5) is 5.00 Å². The molecule has 4 aromatic rings. The highest BCUT2D eigenvalue weighted by molar-refractivity contribution is 7.18. The predicted molar refractivity (Wildman–Crippen MR) is 186 cm³/mol. The van der Waals surface area contributed by atoms with Gasteiger partial charge in [0.25, 0.3) is 0 Å². The lowest BCUT2D eigenvalue weighted by molar-refractivity contribution is -0.380. The Labute approximate surface area is 303 Å². The van der Waals surface area contributed by atoms with Gasteiger partial charge in [-0.15, -0.1) is 0 Å². The third kappa shape index (κ3) is 11.5. The van der Waals surface area contributed by atoms with Crippen molar-refractivity contribution < 1.29 is 43.0 Å². The molecular weight excluding hydrogens is 700 g/mol. The molecule has 0 aliphatic rings. The number of thiophene rings is 1. The van der Waals surface area contributed by atoms with Crippen molar-refractivity contribution >= 4 is 40.2 Å². The Hall–Kier alpha value is -5.53. The number of carbonyl (C=O) groups excluding carboxylic acids is 4. The monoisotopic (exact) mass is 740 g/mol. The Kier molecular flexibility index (Phi) is 14.5. The van der Waals surface area contributed by atoms with Crippen molar-refractivity contribution in [1.82, 2.24) is 34.3 Å². The van der Waals surface area contributed by atoms with E-state index in [0.29, 0.717) is 33.5 Å². The van der Waals surface area contributed by atoms with E-state index in [-0.39, 0.29) is 70.7 Å². The van der Waals surface area contributed by atoms with Gasteiger partial charge < -0.3 is 18.9 Å². The molecule has 0 aromatic carbocycles. The van der Waals surface area contributed by atoms with Crippen molar-refractivity contribution in [3.8, 4) is 22.1 Å². The molecule has 0 aliphatic carbocycles. The molecule has 0 N–H and O–H groups in total. The number of rotatable bonds is 20. The van der Waals surface area contributed by atoms with Crippen LogP contribution in [0.1, 0.15) is 39.1 Å². The first-order valence-corrected chi connectivity index (χ1v) is 17.3. The summed E-state index contributed by atoms with van der Waals surface area (Å²) < 4.78 is 23.3. The van der Waals surface area contributed by atoms with Gasteiger partial charge in [-0.2, -0.15) is 10.2 Å². The molecule has 18 nitrogen and oxygen atoms in total. The van der Waals surface area contributed by atoms with Gasteiger partial charge in [0, 0.05) is 36.4 Å². The fraction of sp³-hybridized carbons (Fsp3) is 0.424. The highest BCUT2D eigenvalue weighted by atomic mass is 32.1. The zero-order chi connectivity index (χ0) is 37.6. The zero-order valence-corrected chi connectivity index (χ0v) is 30.1. The average Bonchev–Trinajstić information content (AvgIpc) is 3.87. The van der Waals surface area contributed by atoms with Gasteiger partial charge in [0.05, 0.1) is 68.9 Å². The van der Waals surface area contributed by atoms with E-state index in [4.69, 9.17) is 23.9 Å². The summed E-state index contributed by atoms with van der Waals surface area (Å²) in [6.07, 6.45) is 3.32. The minimum atomic E-state index is -0.501. The summed E-state index contributed by atoms with van der Waals surface area (Å²) in [5, 5.41) is 20.7. The fourth-order valence-corrected chi connectivity index (χ4v) is 5.77. The zero-order valence-electron chi connectivity index (χ0n) is 29.3. The summed E-state index contributed by atoms with van der Waals surface area (Å²) in [7, 11) is 0. The summed E-state index contributed by atoms with van der Waals surface area (Å²) in [6, 6.07) is 9.91. The van der Waals surface area contributed by atoms with Crippen LogP contribution in [-0.4, -0.2) is 116 Å². The molecule has 4 aromatic heterocycles. The summed E-state index contributed by atoms with van der Waals surface area (Å²) in [5.74, 6) is -1.31. The van der Waals surface area contributed by atoms with Crippen molar-refractivity contribution in [2.45, 2.75) is 40.8 Å². The Morgan fingerprint density at radius 1 is 0.692 bits per heavy atom. The first-order chi connectivity index (χ1) is 25.0. The first kappa shape index (κ1) is 39.3. The molecule has 19 heteroatoms. The first-order valence-electron chi connectivity index (χ1n) is 16.4. The molecule has 52 heavy (non-hydrogen) atoms. The van der Waals surface area contributed by atoms with Crippen molar-refractivity contribution in [3.63, 3.8) is 0 Å². The van der Waals surface area contributed by atoms with E-state index in [9.17, 15) is 29.3 Å². The highest BCUT2D eigenvalue weighted by Gasteiger charge is 2.21. The van der Waals surface area contributed by atoms with Crippen LogP contribution in [0.5, 0.6) is 0 Å². The van der Waals surface area contributed by atoms with Crippen LogP contribution in [0, 0.1) is 10.1 Å². The number of carbonyl (C=O) groups is 4. The number of hydrogen-bond donors (Lipinski definition) is 0. The Bertz CT molecular complexity index is 1710. The number of esters is 4. The quantitative estimate of drug-likeness (QED) is 0.0553. The SMILES string of the molecule is CCOC(=O)CN(CC(=O)OCC)Cc1ccn(-c2cc(-c3ccc([N+](=O)[O-])s3)cc(-n3ccc(CN(CC(=O)OCC)CC(=O)OCC)n3)n2)n1. The molecule has 0 atom stereocenters. The number of ether oxygens (including phenoxy) is 4. The maximum atomic E-state index is 12.3. The molecule has 0 saturated heterocycles. The van der Waals surface area contributed by atoms with E-state index in [1.165, 1.54) is 15.4 Å². The van der Waals surface area contributed by atoms with Crippen molar-refractivity contribution in [1.29, 1.82) is 0 Å². The Morgan fingerprint density at radius 2 is 1.10 bits per heavy atom.